The van der Waals surface area contributed by atoms with E-state index >= 15 is 0 Å². The van der Waals surface area contributed by atoms with Gasteiger partial charge in [-0.05, 0) is 12.8 Å². The first-order valence-corrected chi connectivity index (χ1v) is 4.26. The zero-order valence-electron chi connectivity index (χ0n) is 7.67. The van der Waals surface area contributed by atoms with E-state index in [4.69, 9.17) is 14.7 Å². The van der Waals surface area contributed by atoms with Gasteiger partial charge in [0.05, 0.1) is 12.0 Å². The van der Waals surface area contributed by atoms with Crippen LogP contribution in [0, 0.1) is 17.2 Å². The summed E-state index contributed by atoms with van der Waals surface area (Å²) in [5, 5.41) is 8.75. The van der Waals surface area contributed by atoms with Gasteiger partial charge in [-0.15, -0.1) is 0 Å². The van der Waals surface area contributed by atoms with Gasteiger partial charge in [-0.2, -0.15) is 5.26 Å². The molecule has 0 radical (unpaired) electrons. The maximum atomic E-state index is 8.75. The van der Waals surface area contributed by atoms with Crippen LogP contribution < -0.4 is 0 Å². The average molecular weight is 169 g/mol. The largest absolute Gasteiger partial charge is 0.353 e. The summed E-state index contributed by atoms with van der Waals surface area (Å²) in [4.78, 5) is 0. The van der Waals surface area contributed by atoms with Crippen LogP contribution in [0.5, 0.6) is 0 Å². The molecule has 1 rings (SSSR count). The summed E-state index contributed by atoms with van der Waals surface area (Å²) >= 11 is 0. The first-order valence-electron chi connectivity index (χ1n) is 4.26. The fourth-order valence-corrected chi connectivity index (χ4v) is 1.76. The number of nitrogens with zero attached hydrogens (tertiary/aromatic N) is 1. The Labute approximate surface area is 73.3 Å². The Morgan fingerprint density at radius 3 is 2.58 bits per heavy atom. The lowest BCUT2D eigenvalue weighted by Gasteiger charge is -2.36. The lowest BCUT2D eigenvalue weighted by atomic mass is 9.85. The monoisotopic (exact) mass is 169 g/mol. The molecule has 0 spiro atoms. The normalized spacial score (nSPS) is 27.9. The topological polar surface area (TPSA) is 42.2 Å². The van der Waals surface area contributed by atoms with Crippen LogP contribution in [0.25, 0.3) is 0 Å². The Bertz CT molecular complexity index is 181. The summed E-state index contributed by atoms with van der Waals surface area (Å²) in [6.45, 7) is 0. The second kappa shape index (κ2) is 3.88. The highest BCUT2D eigenvalue weighted by Crippen LogP contribution is 2.34. The van der Waals surface area contributed by atoms with Gasteiger partial charge in [0.25, 0.3) is 0 Å². The number of nitriles is 1. The van der Waals surface area contributed by atoms with Crippen LogP contribution in [0.1, 0.15) is 25.7 Å². The summed E-state index contributed by atoms with van der Waals surface area (Å²) < 4.78 is 10.6. The van der Waals surface area contributed by atoms with Crippen molar-refractivity contribution in [2.75, 3.05) is 14.2 Å². The molecule has 1 saturated carbocycles. The zero-order chi connectivity index (χ0) is 9.03. The van der Waals surface area contributed by atoms with Gasteiger partial charge < -0.3 is 9.47 Å². The summed E-state index contributed by atoms with van der Waals surface area (Å²) in [5.74, 6) is -0.391. The SMILES string of the molecule is COC1(OC)CCCC(C#N)C1. The molecule has 0 bridgehead atoms. The first kappa shape index (κ1) is 9.50. The highest BCUT2D eigenvalue weighted by atomic mass is 16.7. The van der Waals surface area contributed by atoms with Crippen molar-refractivity contribution in [2.24, 2.45) is 5.92 Å². The fourth-order valence-electron chi connectivity index (χ4n) is 1.76. The zero-order valence-corrected chi connectivity index (χ0v) is 7.67. The van der Waals surface area contributed by atoms with Gasteiger partial charge in [0.15, 0.2) is 5.79 Å². The lowest BCUT2D eigenvalue weighted by Crippen LogP contribution is -2.38. The molecule has 0 N–H and O–H groups in total. The van der Waals surface area contributed by atoms with E-state index in [1.807, 2.05) is 0 Å². The van der Waals surface area contributed by atoms with Crippen molar-refractivity contribution in [1.82, 2.24) is 0 Å². The summed E-state index contributed by atoms with van der Waals surface area (Å²) in [7, 11) is 3.28. The number of ether oxygens (including phenoxy) is 2. The molecule has 0 aliphatic heterocycles. The molecule has 0 heterocycles. The van der Waals surface area contributed by atoms with Crippen molar-refractivity contribution in [3.05, 3.63) is 0 Å². The molecule has 1 atom stereocenters. The number of rotatable bonds is 2. The molecule has 0 aromatic rings. The minimum Gasteiger partial charge on any atom is -0.353 e. The molecule has 68 valence electrons. The van der Waals surface area contributed by atoms with Crippen LogP contribution in [0.3, 0.4) is 0 Å². The van der Waals surface area contributed by atoms with Gasteiger partial charge >= 0.3 is 0 Å². The Balaban J connectivity index is 2.60. The maximum absolute atomic E-state index is 8.75. The van der Waals surface area contributed by atoms with Gasteiger partial charge in [-0.1, -0.05) is 0 Å². The van der Waals surface area contributed by atoms with E-state index in [-0.39, 0.29) is 5.92 Å². The van der Waals surface area contributed by atoms with Crippen molar-refractivity contribution in [1.29, 1.82) is 5.26 Å². The van der Waals surface area contributed by atoms with E-state index in [0.717, 1.165) is 19.3 Å². The summed E-state index contributed by atoms with van der Waals surface area (Å²) in [6, 6.07) is 2.27. The Morgan fingerprint density at radius 2 is 2.08 bits per heavy atom. The van der Waals surface area contributed by atoms with Crippen LogP contribution in [0.4, 0.5) is 0 Å². The lowest BCUT2D eigenvalue weighted by molar-refractivity contribution is -0.227. The smallest absolute Gasteiger partial charge is 0.168 e. The number of hydrogen-bond acceptors (Lipinski definition) is 3. The maximum Gasteiger partial charge on any atom is 0.168 e. The van der Waals surface area contributed by atoms with Crippen LogP contribution in [-0.2, 0) is 9.47 Å². The molecule has 1 fully saturated rings. The minimum absolute atomic E-state index is 0.0960. The van der Waals surface area contributed by atoms with Gasteiger partial charge in [-0.3, -0.25) is 0 Å². The van der Waals surface area contributed by atoms with Gasteiger partial charge in [0, 0.05) is 27.1 Å². The van der Waals surface area contributed by atoms with E-state index in [1.54, 1.807) is 14.2 Å². The molecule has 0 aromatic heterocycles. The van der Waals surface area contributed by atoms with Crippen LogP contribution in [0.2, 0.25) is 0 Å². The Hall–Kier alpha value is -0.590. The Kier molecular flexibility index (Phi) is 3.07. The summed E-state index contributed by atoms with van der Waals surface area (Å²) in [5.41, 5.74) is 0. The molecule has 12 heavy (non-hydrogen) atoms. The van der Waals surface area contributed by atoms with Gasteiger partial charge in [0.2, 0.25) is 0 Å². The summed E-state index contributed by atoms with van der Waals surface area (Å²) in [6.07, 6.45) is 3.60. The number of hydrogen-bond donors (Lipinski definition) is 0. The predicted octanol–water partition coefficient (Wildman–Crippen LogP) is 1.69. The van der Waals surface area contributed by atoms with Crippen molar-refractivity contribution in [3.63, 3.8) is 0 Å². The molecule has 3 heteroatoms. The van der Waals surface area contributed by atoms with E-state index in [0.29, 0.717) is 6.42 Å². The van der Waals surface area contributed by atoms with Crippen molar-refractivity contribution >= 4 is 0 Å². The molecule has 0 amide bonds. The predicted molar refractivity (Wildman–Crippen MR) is 44.3 cm³/mol. The first-order chi connectivity index (χ1) is 5.76. The Morgan fingerprint density at radius 1 is 1.42 bits per heavy atom. The van der Waals surface area contributed by atoms with E-state index in [9.17, 15) is 0 Å². The fraction of sp³-hybridized carbons (Fsp3) is 0.889. The van der Waals surface area contributed by atoms with Crippen molar-refractivity contribution in [2.45, 2.75) is 31.5 Å². The second-order valence-corrected chi connectivity index (χ2v) is 3.24. The van der Waals surface area contributed by atoms with E-state index in [1.165, 1.54) is 0 Å². The molecular formula is C9H15NO2. The average Bonchev–Trinajstić information content (AvgIpc) is 2.18. The van der Waals surface area contributed by atoms with E-state index < -0.39 is 5.79 Å². The molecule has 1 aliphatic carbocycles. The molecule has 1 unspecified atom stereocenters. The highest BCUT2D eigenvalue weighted by Gasteiger charge is 2.36. The van der Waals surface area contributed by atoms with Gasteiger partial charge in [0.1, 0.15) is 0 Å². The molecule has 3 nitrogen and oxygen atoms in total. The molecular weight excluding hydrogens is 154 g/mol. The second-order valence-electron chi connectivity index (χ2n) is 3.24. The standard InChI is InChI=1S/C9H15NO2/c1-11-9(12-2)5-3-4-8(6-9)7-10/h8H,3-6H2,1-2H3. The molecule has 0 saturated heterocycles. The molecule has 0 aromatic carbocycles. The van der Waals surface area contributed by atoms with Crippen LogP contribution in [0.15, 0.2) is 0 Å². The van der Waals surface area contributed by atoms with Crippen molar-refractivity contribution in [3.8, 4) is 6.07 Å². The third-order valence-corrected chi connectivity index (χ3v) is 2.59. The minimum atomic E-state index is -0.487. The quantitative estimate of drug-likeness (QED) is 0.591. The van der Waals surface area contributed by atoms with Crippen LogP contribution in [-0.4, -0.2) is 20.0 Å². The van der Waals surface area contributed by atoms with E-state index in [2.05, 4.69) is 6.07 Å². The van der Waals surface area contributed by atoms with Crippen LogP contribution >= 0.6 is 0 Å². The number of methoxy groups -OCH3 is 2. The molecule has 1 aliphatic rings. The highest BCUT2D eigenvalue weighted by molar-refractivity contribution is 4.91. The van der Waals surface area contributed by atoms with Crippen molar-refractivity contribution < 1.29 is 9.47 Å². The third-order valence-electron chi connectivity index (χ3n) is 2.59. The van der Waals surface area contributed by atoms with Gasteiger partial charge in [-0.25, -0.2) is 0 Å². The third kappa shape index (κ3) is 1.77.